The number of methoxy groups -OCH3 is 1. The molecule has 0 aliphatic heterocycles. The highest BCUT2D eigenvalue weighted by Crippen LogP contribution is 2.22. The third-order valence-electron chi connectivity index (χ3n) is 2.01. The largest absolute Gasteiger partial charge is 0.383 e. The number of anilines is 1. The number of nitrogens with one attached hydrogen (secondary N) is 1. The second kappa shape index (κ2) is 6.98. The summed E-state index contributed by atoms with van der Waals surface area (Å²) in [6.45, 7) is 6.21. The first kappa shape index (κ1) is 17.2. The van der Waals surface area contributed by atoms with E-state index in [2.05, 4.69) is 14.7 Å². The summed E-state index contributed by atoms with van der Waals surface area (Å²) in [4.78, 5) is 15.8. The first-order valence-electron chi connectivity index (χ1n) is 5.24. The number of aromatic nitrogens is 2. The average Bonchev–Trinajstić information content (AvgIpc) is 2.66. The van der Waals surface area contributed by atoms with Crippen molar-refractivity contribution >= 4 is 35.0 Å². The predicted octanol–water partition coefficient (Wildman–Crippen LogP) is 1.17. The van der Waals surface area contributed by atoms with Gasteiger partial charge < -0.3 is 10.5 Å². The molecule has 1 heterocycles. The van der Waals surface area contributed by atoms with E-state index in [-0.39, 0.29) is 30.3 Å². The lowest BCUT2D eigenvalue weighted by molar-refractivity contribution is -0.118. The zero-order valence-corrected chi connectivity index (χ0v) is 12.5. The quantitative estimate of drug-likeness (QED) is 0.870. The number of ether oxygens (including phenoxy) is 1. The minimum Gasteiger partial charge on any atom is -0.383 e. The molecule has 18 heavy (non-hydrogen) atoms. The lowest BCUT2D eigenvalue weighted by atomic mass is 9.96. The minimum absolute atomic E-state index is 0. The zero-order chi connectivity index (χ0) is 13.1. The average molecular weight is 295 g/mol. The fourth-order valence-corrected chi connectivity index (χ4v) is 1.79. The molecule has 1 aromatic heterocycles. The van der Waals surface area contributed by atoms with Crippen molar-refractivity contribution in [3.05, 3.63) is 5.82 Å². The number of amides is 1. The van der Waals surface area contributed by atoms with Gasteiger partial charge in [0.25, 0.3) is 0 Å². The summed E-state index contributed by atoms with van der Waals surface area (Å²) in [6.07, 6.45) is 0. The molecule has 0 saturated heterocycles. The van der Waals surface area contributed by atoms with Crippen molar-refractivity contribution in [2.24, 2.45) is 5.73 Å². The number of nitrogens with zero attached hydrogens (tertiary/aromatic N) is 2. The van der Waals surface area contributed by atoms with E-state index in [1.54, 1.807) is 0 Å². The summed E-state index contributed by atoms with van der Waals surface area (Å²) >= 11 is 1.15. The van der Waals surface area contributed by atoms with Crippen LogP contribution in [0.4, 0.5) is 5.13 Å². The lowest BCUT2D eigenvalue weighted by Crippen LogP contribution is -2.39. The van der Waals surface area contributed by atoms with Crippen molar-refractivity contribution in [1.29, 1.82) is 0 Å². The molecule has 0 aliphatic rings. The summed E-state index contributed by atoms with van der Waals surface area (Å²) in [6, 6.07) is -0.693. The van der Waals surface area contributed by atoms with Gasteiger partial charge in [-0.2, -0.15) is 4.37 Å². The van der Waals surface area contributed by atoms with Gasteiger partial charge in [0, 0.05) is 24.1 Å². The van der Waals surface area contributed by atoms with E-state index in [1.807, 2.05) is 20.8 Å². The Morgan fingerprint density at radius 1 is 1.56 bits per heavy atom. The molecule has 0 fully saturated rings. The van der Waals surface area contributed by atoms with Gasteiger partial charge >= 0.3 is 0 Å². The number of rotatable bonds is 4. The Bertz CT molecular complexity index is 391. The first-order valence-corrected chi connectivity index (χ1v) is 6.01. The van der Waals surface area contributed by atoms with E-state index in [0.717, 1.165) is 11.5 Å². The molecule has 104 valence electrons. The van der Waals surface area contributed by atoms with Crippen molar-refractivity contribution in [3.8, 4) is 0 Å². The van der Waals surface area contributed by atoms with E-state index < -0.39 is 6.04 Å². The van der Waals surface area contributed by atoms with Crippen molar-refractivity contribution < 1.29 is 9.53 Å². The van der Waals surface area contributed by atoms with Crippen LogP contribution in [-0.2, 0) is 14.9 Å². The summed E-state index contributed by atoms with van der Waals surface area (Å²) in [5.74, 6) is 0.390. The Morgan fingerprint density at radius 2 is 2.17 bits per heavy atom. The topological polar surface area (TPSA) is 90.1 Å². The standard InChI is InChI=1S/C10H18N4O2S.ClH/c1-10(2,3)8-13-9(17-14-8)12-7(15)6(11)5-16-4;/h6H,5,11H2,1-4H3,(H,12,13,14,15);1H. The van der Waals surface area contributed by atoms with Crippen LogP contribution in [0.5, 0.6) is 0 Å². The highest BCUT2D eigenvalue weighted by molar-refractivity contribution is 7.09. The number of hydrogen-bond acceptors (Lipinski definition) is 6. The number of halogens is 1. The molecule has 6 nitrogen and oxygen atoms in total. The van der Waals surface area contributed by atoms with Crippen LogP contribution in [-0.4, -0.2) is 35.0 Å². The SMILES string of the molecule is COCC(N)C(=O)Nc1nc(C(C)(C)C)ns1.Cl. The summed E-state index contributed by atoms with van der Waals surface area (Å²) in [5, 5.41) is 3.08. The van der Waals surface area contributed by atoms with Crippen LogP contribution in [0.1, 0.15) is 26.6 Å². The molecular weight excluding hydrogens is 276 g/mol. The molecule has 1 amide bonds. The van der Waals surface area contributed by atoms with Crippen LogP contribution >= 0.6 is 23.9 Å². The number of carbonyl (C=O) groups is 1. The second-order valence-corrected chi connectivity index (χ2v) is 5.48. The van der Waals surface area contributed by atoms with Crippen molar-refractivity contribution in [3.63, 3.8) is 0 Å². The summed E-state index contributed by atoms with van der Waals surface area (Å²) in [5.41, 5.74) is 5.46. The number of hydrogen-bond donors (Lipinski definition) is 2. The third-order valence-corrected chi connectivity index (χ3v) is 2.64. The maximum atomic E-state index is 11.6. The van der Waals surface area contributed by atoms with Crippen LogP contribution in [0.15, 0.2) is 0 Å². The van der Waals surface area contributed by atoms with Crippen LogP contribution in [0.2, 0.25) is 0 Å². The Hall–Kier alpha value is -0.760. The number of carbonyl (C=O) groups excluding carboxylic acids is 1. The van der Waals surface area contributed by atoms with Gasteiger partial charge in [0.2, 0.25) is 11.0 Å². The predicted molar refractivity (Wildman–Crippen MR) is 74.3 cm³/mol. The number of nitrogens with two attached hydrogens (primary N) is 1. The maximum Gasteiger partial charge on any atom is 0.245 e. The van der Waals surface area contributed by atoms with Crippen molar-refractivity contribution in [1.82, 2.24) is 9.36 Å². The summed E-state index contributed by atoms with van der Waals surface area (Å²) < 4.78 is 8.99. The van der Waals surface area contributed by atoms with Gasteiger partial charge in [-0.3, -0.25) is 10.1 Å². The molecule has 0 aromatic carbocycles. The van der Waals surface area contributed by atoms with Gasteiger partial charge in [0.15, 0.2) is 0 Å². The van der Waals surface area contributed by atoms with Crippen LogP contribution in [0.3, 0.4) is 0 Å². The normalized spacial score (nSPS) is 12.7. The van der Waals surface area contributed by atoms with Gasteiger partial charge in [-0.1, -0.05) is 20.8 Å². The van der Waals surface area contributed by atoms with Crippen LogP contribution in [0, 0.1) is 0 Å². The van der Waals surface area contributed by atoms with Gasteiger partial charge in [-0.25, -0.2) is 4.98 Å². The molecule has 0 bridgehead atoms. The molecule has 0 saturated carbocycles. The fourth-order valence-electron chi connectivity index (χ4n) is 1.03. The smallest absolute Gasteiger partial charge is 0.245 e. The van der Waals surface area contributed by atoms with Crippen molar-refractivity contribution in [2.75, 3.05) is 19.0 Å². The second-order valence-electron chi connectivity index (χ2n) is 4.72. The van der Waals surface area contributed by atoms with Gasteiger partial charge in [-0.15, -0.1) is 12.4 Å². The van der Waals surface area contributed by atoms with E-state index in [9.17, 15) is 4.79 Å². The molecule has 8 heteroatoms. The van der Waals surface area contributed by atoms with Gasteiger partial charge in [0.05, 0.1) is 6.61 Å². The molecule has 0 aliphatic carbocycles. The molecule has 1 atom stereocenters. The molecular formula is C10H19ClN4O2S. The summed E-state index contributed by atoms with van der Waals surface area (Å²) in [7, 11) is 1.50. The third kappa shape index (κ3) is 4.85. The Balaban J connectivity index is 0.00000289. The van der Waals surface area contributed by atoms with E-state index in [0.29, 0.717) is 11.0 Å². The Morgan fingerprint density at radius 3 is 2.61 bits per heavy atom. The maximum absolute atomic E-state index is 11.6. The fraction of sp³-hybridized carbons (Fsp3) is 0.700. The Labute approximate surface area is 117 Å². The van der Waals surface area contributed by atoms with E-state index in [1.165, 1.54) is 7.11 Å². The Kier molecular flexibility index (Phi) is 6.69. The van der Waals surface area contributed by atoms with Gasteiger partial charge in [0.1, 0.15) is 11.9 Å². The van der Waals surface area contributed by atoms with Crippen molar-refractivity contribution in [2.45, 2.75) is 32.2 Å². The minimum atomic E-state index is -0.693. The zero-order valence-electron chi connectivity index (χ0n) is 10.9. The monoisotopic (exact) mass is 294 g/mol. The highest BCUT2D eigenvalue weighted by atomic mass is 35.5. The highest BCUT2D eigenvalue weighted by Gasteiger charge is 2.21. The molecule has 1 unspecified atom stereocenters. The van der Waals surface area contributed by atoms with E-state index in [4.69, 9.17) is 10.5 Å². The van der Waals surface area contributed by atoms with E-state index >= 15 is 0 Å². The molecule has 3 N–H and O–H groups in total. The lowest BCUT2D eigenvalue weighted by Gasteiger charge is -2.12. The molecule has 0 radical (unpaired) electrons. The first-order chi connectivity index (χ1) is 7.84. The van der Waals surface area contributed by atoms with Gasteiger partial charge in [-0.05, 0) is 0 Å². The molecule has 0 spiro atoms. The van der Waals surface area contributed by atoms with Crippen LogP contribution < -0.4 is 11.1 Å². The van der Waals surface area contributed by atoms with Crippen LogP contribution in [0.25, 0.3) is 0 Å². The molecule has 1 aromatic rings. The molecule has 1 rings (SSSR count).